The van der Waals surface area contributed by atoms with E-state index in [0.717, 1.165) is 37.9 Å². The number of allylic oxidation sites excluding steroid dienone is 1. The third-order valence-corrected chi connectivity index (χ3v) is 8.30. The topological polar surface area (TPSA) is 91.3 Å². The van der Waals surface area contributed by atoms with Gasteiger partial charge in [0.2, 0.25) is 0 Å². The first-order valence-corrected chi connectivity index (χ1v) is 17.1. The lowest BCUT2D eigenvalue weighted by molar-refractivity contribution is -0.843. The van der Waals surface area contributed by atoms with Gasteiger partial charge in [-0.25, -0.2) is 4.57 Å². The van der Waals surface area contributed by atoms with Crippen LogP contribution >= 0.6 is 7.82 Å². The largest absolute Gasteiger partial charge is 0.527 e. The zero-order valence-electron chi connectivity index (χ0n) is 25.5. The van der Waals surface area contributed by atoms with Gasteiger partial charge in [-0.15, -0.1) is 0 Å². The van der Waals surface area contributed by atoms with Gasteiger partial charge in [-0.3, -0.25) is 18.7 Å². The predicted molar refractivity (Wildman–Crippen MR) is 157 cm³/mol. The van der Waals surface area contributed by atoms with E-state index in [1.807, 2.05) is 14.1 Å². The van der Waals surface area contributed by atoms with E-state index < -0.39 is 19.9 Å². The highest BCUT2D eigenvalue weighted by molar-refractivity contribution is 7.47. The number of phosphoric ester groups is 1. The number of phosphoric acid groups is 1. The standard InChI is InChI=1S/C30H58NO7P/c1-5-6-7-8-9-10-11-12-13-14-15-16-17-18-19-20-24-35-26-30(38-28(2)32)27-37-39(33,34)36-25-29-22-21-23-31(29,3)4/h25,30H,5-24,26-27H2,1-4H3/p+1. The van der Waals surface area contributed by atoms with Crippen molar-refractivity contribution in [2.45, 2.75) is 136 Å². The lowest BCUT2D eigenvalue weighted by Gasteiger charge is -2.24. The number of quaternary nitrogens is 1. The summed E-state index contributed by atoms with van der Waals surface area (Å²) in [6, 6.07) is 0. The van der Waals surface area contributed by atoms with Crippen molar-refractivity contribution in [1.29, 1.82) is 0 Å². The second kappa shape index (κ2) is 21.8. The maximum absolute atomic E-state index is 12.3. The fourth-order valence-electron chi connectivity index (χ4n) is 4.96. The number of carbonyl (C=O) groups is 1. The average Bonchev–Trinajstić information content (AvgIpc) is 3.22. The molecule has 1 fully saturated rings. The number of ether oxygens (including phenoxy) is 2. The molecule has 1 aliphatic heterocycles. The van der Waals surface area contributed by atoms with Crippen LogP contribution in [0.3, 0.4) is 0 Å². The van der Waals surface area contributed by atoms with E-state index in [2.05, 4.69) is 6.92 Å². The molecule has 0 radical (unpaired) electrons. The SMILES string of the molecule is CCCCCCCCCCCCCCCCCCOCC(COP(=O)(O)OC=C1CCC[N+]1(C)C)OC(C)=O. The highest BCUT2D eigenvalue weighted by atomic mass is 31.2. The normalized spacial score (nSPS) is 18.2. The van der Waals surface area contributed by atoms with E-state index in [1.165, 1.54) is 103 Å². The smallest absolute Gasteiger partial charge is 0.458 e. The fraction of sp³-hybridized carbons (Fsp3) is 0.900. The van der Waals surface area contributed by atoms with E-state index in [9.17, 15) is 14.3 Å². The first-order chi connectivity index (χ1) is 18.7. The first kappa shape index (κ1) is 36.1. The number of likely N-dealkylation sites (tertiary alicyclic amines) is 1. The van der Waals surface area contributed by atoms with Gasteiger partial charge in [0.15, 0.2) is 6.26 Å². The summed E-state index contributed by atoms with van der Waals surface area (Å²) >= 11 is 0. The molecule has 0 saturated carbocycles. The van der Waals surface area contributed by atoms with Crippen LogP contribution in [0.1, 0.15) is 129 Å². The van der Waals surface area contributed by atoms with Crippen LogP contribution in [-0.4, -0.2) is 61.9 Å². The van der Waals surface area contributed by atoms with Gasteiger partial charge < -0.3 is 14.0 Å². The van der Waals surface area contributed by atoms with Crippen LogP contribution in [0.15, 0.2) is 12.0 Å². The van der Waals surface area contributed by atoms with Crippen molar-refractivity contribution in [2.24, 2.45) is 0 Å². The number of unbranched alkanes of at least 4 members (excludes halogenated alkanes) is 15. The van der Waals surface area contributed by atoms with E-state index in [0.29, 0.717) is 11.1 Å². The zero-order valence-corrected chi connectivity index (χ0v) is 26.4. The zero-order chi connectivity index (χ0) is 28.8. The maximum Gasteiger partial charge on any atom is 0.527 e. The van der Waals surface area contributed by atoms with Crippen LogP contribution in [0.5, 0.6) is 0 Å². The Labute approximate surface area is 239 Å². The number of carbonyl (C=O) groups excluding carboxylic acids is 1. The highest BCUT2D eigenvalue weighted by Crippen LogP contribution is 2.44. The molecule has 1 N–H and O–H groups in total. The molecule has 8 nitrogen and oxygen atoms in total. The van der Waals surface area contributed by atoms with Crippen molar-refractivity contribution in [1.82, 2.24) is 0 Å². The molecule has 1 aliphatic rings. The Hall–Kier alpha value is -0.920. The van der Waals surface area contributed by atoms with Crippen molar-refractivity contribution < 1.29 is 37.3 Å². The van der Waals surface area contributed by atoms with Gasteiger partial charge in [0.25, 0.3) is 0 Å². The van der Waals surface area contributed by atoms with Crippen LogP contribution in [0.2, 0.25) is 0 Å². The van der Waals surface area contributed by atoms with Gasteiger partial charge in [-0.05, 0) is 6.42 Å². The molecule has 230 valence electrons. The molecular formula is C30H59NO7P+. The molecule has 9 heteroatoms. The molecular weight excluding hydrogens is 517 g/mol. The van der Waals surface area contributed by atoms with E-state index in [-0.39, 0.29) is 13.2 Å². The van der Waals surface area contributed by atoms with E-state index in [4.69, 9.17) is 18.5 Å². The van der Waals surface area contributed by atoms with Gasteiger partial charge in [0.1, 0.15) is 11.8 Å². The second-order valence-corrected chi connectivity index (χ2v) is 13.0. The molecule has 2 atom stereocenters. The quantitative estimate of drug-likeness (QED) is 0.0387. The van der Waals surface area contributed by atoms with Crippen molar-refractivity contribution in [3.05, 3.63) is 12.0 Å². The molecule has 39 heavy (non-hydrogen) atoms. The minimum atomic E-state index is -4.31. The summed E-state index contributed by atoms with van der Waals surface area (Å²) in [6.45, 7) is 4.92. The van der Waals surface area contributed by atoms with Crippen LogP contribution in [0.4, 0.5) is 0 Å². The Balaban J connectivity index is 2.05. The Morgan fingerprint density at radius 2 is 1.41 bits per heavy atom. The minimum Gasteiger partial charge on any atom is -0.458 e. The average molecular weight is 577 g/mol. The summed E-state index contributed by atoms with van der Waals surface area (Å²) in [5, 5.41) is 0. The summed E-state index contributed by atoms with van der Waals surface area (Å²) in [5.74, 6) is -0.490. The number of hydrogen-bond donors (Lipinski definition) is 1. The van der Waals surface area contributed by atoms with Crippen LogP contribution in [0, 0.1) is 0 Å². The third kappa shape index (κ3) is 19.7. The summed E-state index contributed by atoms with van der Waals surface area (Å²) in [5.41, 5.74) is 0.937. The monoisotopic (exact) mass is 576 g/mol. The van der Waals surface area contributed by atoms with Gasteiger partial charge in [-0.2, -0.15) is 0 Å². The Bertz CT molecular complexity index is 713. The fourth-order valence-corrected chi connectivity index (χ4v) is 5.63. The van der Waals surface area contributed by atoms with Gasteiger partial charge in [0, 0.05) is 26.4 Å². The van der Waals surface area contributed by atoms with Crippen LogP contribution in [0.25, 0.3) is 0 Å². The van der Waals surface area contributed by atoms with E-state index >= 15 is 0 Å². The van der Waals surface area contributed by atoms with Crippen molar-refractivity contribution >= 4 is 13.8 Å². The lowest BCUT2D eigenvalue weighted by Crippen LogP contribution is -2.33. The molecule has 1 rings (SSSR count). The molecule has 1 saturated heterocycles. The second-order valence-electron chi connectivity index (χ2n) is 11.6. The number of nitrogens with zero attached hydrogens (tertiary/aromatic N) is 1. The first-order valence-electron chi connectivity index (χ1n) is 15.6. The van der Waals surface area contributed by atoms with Crippen molar-refractivity contribution in [3.8, 4) is 0 Å². The Morgan fingerprint density at radius 3 is 1.87 bits per heavy atom. The van der Waals surface area contributed by atoms with Gasteiger partial charge in [-0.1, -0.05) is 103 Å². The summed E-state index contributed by atoms with van der Waals surface area (Å²) in [7, 11) is -0.257. The summed E-state index contributed by atoms with van der Waals surface area (Å²) in [4.78, 5) is 21.5. The summed E-state index contributed by atoms with van der Waals surface area (Å²) < 4.78 is 33.9. The highest BCUT2D eigenvalue weighted by Gasteiger charge is 2.31. The molecule has 0 bridgehead atoms. The Morgan fingerprint density at radius 1 is 0.897 bits per heavy atom. The van der Waals surface area contributed by atoms with E-state index in [1.54, 1.807) is 0 Å². The number of rotatable bonds is 25. The molecule has 0 spiro atoms. The molecule has 0 amide bonds. The molecule has 0 aromatic rings. The number of hydrogen-bond acceptors (Lipinski definition) is 6. The molecule has 2 unspecified atom stereocenters. The molecule has 0 aromatic carbocycles. The van der Waals surface area contributed by atoms with Crippen molar-refractivity contribution in [3.63, 3.8) is 0 Å². The molecule has 0 aliphatic carbocycles. The minimum absolute atomic E-state index is 0.114. The van der Waals surface area contributed by atoms with Crippen molar-refractivity contribution in [2.75, 3.05) is 40.5 Å². The lowest BCUT2D eigenvalue weighted by atomic mass is 10.0. The third-order valence-electron chi connectivity index (χ3n) is 7.45. The molecule has 1 heterocycles. The Kier molecular flexibility index (Phi) is 20.2. The van der Waals surface area contributed by atoms with Gasteiger partial charge in [0.05, 0.1) is 33.9 Å². The molecule has 0 aromatic heterocycles. The maximum atomic E-state index is 12.3. The summed E-state index contributed by atoms with van der Waals surface area (Å²) in [6.07, 6.45) is 23.4. The van der Waals surface area contributed by atoms with Gasteiger partial charge >= 0.3 is 13.8 Å². The predicted octanol–water partition coefficient (Wildman–Crippen LogP) is 8.04. The van der Waals surface area contributed by atoms with Crippen LogP contribution < -0.4 is 0 Å². The number of esters is 1. The van der Waals surface area contributed by atoms with Crippen LogP contribution in [-0.2, 0) is 27.9 Å².